The highest BCUT2D eigenvalue weighted by Crippen LogP contribution is 2.91. The highest BCUT2D eigenvalue weighted by atomic mass is 35.5. The average Bonchev–Trinajstić information content (AvgIpc) is 4.07. The lowest BCUT2D eigenvalue weighted by molar-refractivity contribution is -0.0632. The number of benzene rings is 2. The molecule has 1 saturated heterocycles. The number of halogens is 2. The zero-order valence-corrected chi connectivity index (χ0v) is 36.8. The van der Waals surface area contributed by atoms with E-state index < -0.39 is 0 Å². The van der Waals surface area contributed by atoms with Crippen molar-refractivity contribution in [1.82, 2.24) is 25.2 Å². The second-order valence-corrected chi connectivity index (χ2v) is 21.3. The molecule has 2 aliphatic heterocycles. The van der Waals surface area contributed by atoms with E-state index in [1.807, 2.05) is 12.1 Å². The third kappa shape index (κ3) is 5.00. The Morgan fingerprint density at radius 2 is 1.82 bits per heavy atom. The summed E-state index contributed by atoms with van der Waals surface area (Å²) in [4.78, 5) is 24.9. The third-order valence-electron chi connectivity index (χ3n) is 17.2. The summed E-state index contributed by atoms with van der Waals surface area (Å²) >= 11 is 13.1. The van der Waals surface area contributed by atoms with E-state index in [4.69, 9.17) is 38.2 Å². The summed E-state index contributed by atoms with van der Waals surface area (Å²) in [6, 6.07) is 22.1. The van der Waals surface area contributed by atoms with Gasteiger partial charge in [0, 0.05) is 90.4 Å². The number of aryl methyl sites for hydroxylation is 1. The van der Waals surface area contributed by atoms with E-state index in [0.717, 1.165) is 48.3 Å². The molecule has 8 aliphatic rings. The second kappa shape index (κ2) is 12.6. The monoisotopic (exact) mass is 839 g/mol. The number of aromatic nitrogens is 3. The molecule has 4 heterocycles. The summed E-state index contributed by atoms with van der Waals surface area (Å²) in [7, 11) is 4.23. The average molecular weight is 841 g/mol. The number of anilines is 4. The summed E-state index contributed by atoms with van der Waals surface area (Å²) in [5.41, 5.74) is 5.52. The second-order valence-electron chi connectivity index (χ2n) is 20.4. The lowest BCUT2D eigenvalue weighted by atomic mass is 9.48. The van der Waals surface area contributed by atoms with Gasteiger partial charge in [-0.05, 0) is 95.6 Å². The van der Waals surface area contributed by atoms with Gasteiger partial charge in [0.05, 0.1) is 16.3 Å². The highest BCUT2D eigenvalue weighted by Gasteiger charge is 2.89. The third-order valence-corrected chi connectivity index (χ3v) is 18.0. The van der Waals surface area contributed by atoms with Gasteiger partial charge in [0.25, 0.3) is 0 Å². The molecule has 0 bridgehead atoms. The Labute approximate surface area is 363 Å². The van der Waals surface area contributed by atoms with E-state index >= 15 is 0 Å². The number of aromatic amines is 1. The molecule has 9 unspecified atom stereocenters. The lowest BCUT2D eigenvalue weighted by Gasteiger charge is -2.60. The van der Waals surface area contributed by atoms with Crippen molar-refractivity contribution in [2.45, 2.75) is 89.5 Å². The Bertz CT molecular complexity index is 2570. The topological polar surface area (TPSA) is 96.5 Å². The first-order valence-corrected chi connectivity index (χ1v) is 22.9. The molecule has 2 aromatic carbocycles. The van der Waals surface area contributed by atoms with Gasteiger partial charge >= 0.3 is 0 Å². The Morgan fingerprint density at radius 3 is 2.57 bits per heavy atom. The molecule has 0 radical (unpaired) electrons. The molecular weight excluding hydrogens is 786 g/mol. The predicted octanol–water partition coefficient (Wildman–Crippen LogP) is 9.84. The van der Waals surface area contributed by atoms with Crippen LogP contribution in [0, 0.1) is 45.8 Å². The first-order chi connectivity index (χ1) is 28.9. The van der Waals surface area contributed by atoms with E-state index in [1.54, 1.807) is 0 Å². The molecule has 4 N–H and O–H groups in total. The van der Waals surface area contributed by atoms with Crippen molar-refractivity contribution in [3.8, 4) is 0 Å². The molecule has 12 atom stereocenters. The molecule has 310 valence electrons. The van der Waals surface area contributed by atoms with Crippen molar-refractivity contribution in [2.24, 2.45) is 50.8 Å². The van der Waals surface area contributed by atoms with Crippen molar-refractivity contribution in [2.75, 3.05) is 29.6 Å². The van der Waals surface area contributed by atoms with Gasteiger partial charge in [-0.3, -0.25) is 0 Å². The van der Waals surface area contributed by atoms with Crippen molar-refractivity contribution in [3.05, 3.63) is 107 Å². The quantitative estimate of drug-likeness (QED) is 0.120. The van der Waals surface area contributed by atoms with Gasteiger partial charge in [-0.15, -0.1) is 0 Å². The summed E-state index contributed by atoms with van der Waals surface area (Å²) in [5, 5.41) is 14.3. The van der Waals surface area contributed by atoms with Crippen LogP contribution < -0.4 is 20.9 Å². The number of rotatable bonds is 11. The number of fused-ring (bicyclic) bond motifs is 3. The molecule has 2 aromatic heterocycles. The maximum Gasteiger partial charge on any atom is 0.231 e. The van der Waals surface area contributed by atoms with E-state index in [1.165, 1.54) is 28.6 Å². The number of hydrogen-bond acceptors (Lipinski definition) is 8. The van der Waals surface area contributed by atoms with E-state index in [9.17, 15) is 0 Å². The number of allylic oxidation sites excluding steroid dienone is 2. The van der Waals surface area contributed by atoms with E-state index in [-0.39, 0.29) is 29.1 Å². The minimum Gasteiger partial charge on any atom is -0.367 e. The van der Waals surface area contributed by atoms with Gasteiger partial charge in [0.2, 0.25) is 5.95 Å². The first kappa shape index (κ1) is 37.5. The van der Waals surface area contributed by atoms with Crippen LogP contribution in [0.25, 0.3) is 10.9 Å². The highest BCUT2D eigenvalue weighted by molar-refractivity contribution is 6.40. The number of para-hydroxylation sites is 2. The van der Waals surface area contributed by atoms with Gasteiger partial charge in [0.1, 0.15) is 17.5 Å². The van der Waals surface area contributed by atoms with Crippen LogP contribution in [-0.2, 0) is 6.42 Å². The SMILES string of the molecule is C[C@@H]1[C@@H](Nc2cc(N3[C@H]4C5C(=NC(N(C)C)=CC(NC6C=CC(Cl)=C(Cl)C6)C54)C34CC4(C)CCc3c[nH]c4ccccc34)nc(Nc3ccccc3)n2)C2CC3C(C)(C)C231. The Hall–Kier alpha value is -4.31. The molecule has 60 heavy (non-hydrogen) atoms. The fraction of sp³-hybridized carbons (Fsp3) is 0.490. The van der Waals surface area contributed by atoms with Gasteiger partial charge in [-0.2, -0.15) is 9.97 Å². The van der Waals surface area contributed by atoms with Crippen LogP contribution in [0.5, 0.6) is 0 Å². The minimum absolute atomic E-state index is 0.0209. The molecule has 2 spiro atoms. The Balaban J connectivity index is 0.944. The molecule has 5 saturated carbocycles. The maximum absolute atomic E-state index is 6.65. The first-order valence-electron chi connectivity index (χ1n) is 22.1. The number of nitrogens with one attached hydrogen (secondary N) is 4. The van der Waals surface area contributed by atoms with Crippen LogP contribution in [0.15, 0.2) is 106 Å². The number of piperidine rings is 1. The summed E-state index contributed by atoms with van der Waals surface area (Å²) in [6.07, 6.45) is 13.7. The van der Waals surface area contributed by atoms with Gasteiger partial charge in [0.15, 0.2) is 0 Å². The Morgan fingerprint density at radius 1 is 1.02 bits per heavy atom. The number of H-pyrrole nitrogens is 1. The zero-order valence-electron chi connectivity index (χ0n) is 35.3. The fourth-order valence-corrected chi connectivity index (χ4v) is 14.6. The molecule has 11 heteroatoms. The van der Waals surface area contributed by atoms with Crippen LogP contribution in [0.3, 0.4) is 0 Å². The minimum atomic E-state index is -0.276. The molecular formula is C49H55Cl2N9. The van der Waals surface area contributed by atoms with Crippen LogP contribution in [-0.4, -0.2) is 69.4 Å². The molecule has 4 aromatic rings. The standard InChI is InChI=1S/C49H55Cl2N9/c1-26-42(31-21-36-46(2,3)49(26,31)36)55-37-23-39(58-45(56-37)54-28-12-8-7-9-13-28)60-43-40-35(53-29-16-17-32(50)33(51)20-29)22-38(59(5)6)57-44(41(40)43)48(60)25-47(48,4)19-18-27-24-52-34-15-11-10-14-30(27)34/h7-17,22-24,26,29,31,35-36,40-43,52-53H,18-21,25H2,1-6H3,(H2,54,55,56,58)/t26-,29?,31?,35?,36?,40?,41?,42-,43-,47?,48?,49?/m1/s1. The van der Waals surface area contributed by atoms with Crippen LogP contribution >= 0.6 is 23.2 Å². The van der Waals surface area contributed by atoms with Gasteiger partial charge < -0.3 is 30.7 Å². The molecule has 0 amide bonds. The van der Waals surface area contributed by atoms with E-state index in [0.29, 0.717) is 63.0 Å². The normalized spacial score (nSPS) is 38.2. The molecule has 6 aliphatic carbocycles. The van der Waals surface area contributed by atoms with Crippen molar-refractivity contribution in [3.63, 3.8) is 0 Å². The van der Waals surface area contributed by atoms with Crippen LogP contribution in [0.1, 0.15) is 58.9 Å². The predicted molar refractivity (Wildman–Crippen MR) is 244 cm³/mol. The van der Waals surface area contributed by atoms with Crippen LogP contribution in [0.4, 0.5) is 23.3 Å². The number of nitrogens with zero attached hydrogens (tertiary/aromatic N) is 5. The van der Waals surface area contributed by atoms with Crippen molar-refractivity contribution < 1.29 is 0 Å². The van der Waals surface area contributed by atoms with Crippen molar-refractivity contribution >= 4 is 63.1 Å². The number of hydrogen-bond donors (Lipinski definition) is 4. The molecule has 9 nitrogen and oxygen atoms in total. The summed E-state index contributed by atoms with van der Waals surface area (Å²) in [5.74, 6) is 6.29. The lowest BCUT2D eigenvalue weighted by Crippen LogP contribution is -2.62. The molecule has 12 rings (SSSR count). The van der Waals surface area contributed by atoms with Crippen molar-refractivity contribution in [1.29, 1.82) is 0 Å². The van der Waals surface area contributed by atoms with E-state index in [2.05, 4.69) is 145 Å². The van der Waals surface area contributed by atoms with Gasteiger partial charge in [-0.25, -0.2) is 4.99 Å². The number of aliphatic imine (C=N–C) groups is 1. The Kier molecular flexibility index (Phi) is 7.89. The van der Waals surface area contributed by atoms with Crippen LogP contribution in [0.2, 0.25) is 0 Å². The fourth-order valence-electron chi connectivity index (χ4n) is 14.2. The van der Waals surface area contributed by atoms with Gasteiger partial charge in [-0.1, -0.05) is 93.4 Å². The summed E-state index contributed by atoms with van der Waals surface area (Å²) in [6.45, 7) is 9.96. The molecule has 6 fully saturated rings. The summed E-state index contributed by atoms with van der Waals surface area (Å²) < 4.78 is 0. The smallest absolute Gasteiger partial charge is 0.231 e. The zero-order chi connectivity index (χ0) is 41.1. The maximum atomic E-state index is 6.65. The largest absolute Gasteiger partial charge is 0.367 e.